The summed E-state index contributed by atoms with van der Waals surface area (Å²) in [7, 11) is 0. The molecule has 3 aromatic rings. The van der Waals surface area contributed by atoms with E-state index in [1.54, 1.807) is 0 Å². The quantitative estimate of drug-likeness (QED) is 0.553. The minimum absolute atomic E-state index is 0.271. The van der Waals surface area contributed by atoms with Gasteiger partial charge < -0.3 is 4.90 Å². The summed E-state index contributed by atoms with van der Waals surface area (Å²) in [5, 5.41) is 1.93. The first kappa shape index (κ1) is 19.2. The number of nitrogens with zero attached hydrogens (tertiary/aromatic N) is 2. The summed E-state index contributed by atoms with van der Waals surface area (Å²) < 4.78 is 0. The summed E-state index contributed by atoms with van der Waals surface area (Å²) in [6, 6.07) is 19.3. The van der Waals surface area contributed by atoms with Gasteiger partial charge in [0.05, 0.1) is 11.3 Å². The van der Waals surface area contributed by atoms with Gasteiger partial charge in [-0.05, 0) is 67.6 Å². The Kier molecular flexibility index (Phi) is 5.07. The maximum absolute atomic E-state index is 13.6. The van der Waals surface area contributed by atoms with Crippen LogP contribution >= 0.6 is 11.3 Å². The molecule has 0 aliphatic carbocycles. The number of para-hydroxylation sites is 1. The third-order valence-electron chi connectivity index (χ3n) is 4.95. The van der Waals surface area contributed by atoms with Crippen LogP contribution in [0.15, 0.2) is 71.7 Å². The van der Waals surface area contributed by atoms with Crippen molar-refractivity contribution in [3.05, 3.63) is 87.7 Å². The summed E-state index contributed by atoms with van der Waals surface area (Å²) in [4.78, 5) is 31.2. The highest BCUT2D eigenvalue weighted by Crippen LogP contribution is 2.38. The predicted octanol–water partition coefficient (Wildman–Crippen LogP) is 5.18. The number of imide groups is 1. The molecule has 0 saturated carbocycles. The smallest absolute Gasteiger partial charge is 0.282 e. The molecule has 0 saturated heterocycles. The van der Waals surface area contributed by atoms with E-state index >= 15 is 0 Å². The first-order valence-corrected chi connectivity index (χ1v) is 10.5. The number of hydrogen-bond acceptors (Lipinski definition) is 4. The zero-order valence-electron chi connectivity index (χ0n) is 16.7. The van der Waals surface area contributed by atoms with Crippen molar-refractivity contribution in [2.45, 2.75) is 20.8 Å². The number of rotatable bonds is 5. The molecule has 0 bridgehead atoms. The van der Waals surface area contributed by atoms with Crippen LogP contribution in [0, 0.1) is 13.8 Å². The lowest BCUT2D eigenvalue weighted by molar-refractivity contribution is -0.120. The van der Waals surface area contributed by atoms with Gasteiger partial charge in [0.2, 0.25) is 0 Å². The van der Waals surface area contributed by atoms with E-state index in [-0.39, 0.29) is 11.8 Å². The number of thiophene rings is 1. The fraction of sp³-hybridized carbons (Fsp3) is 0.167. The summed E-state index contributed by atoms with van der Waals surface area (Å²) in [6.07, 6.45) is 0. The number of carbonyl (C=O) groups excluding carboxylic acids is 2. The van der Waals surface area contributed by atoms with Crippen molar-refractivity contribution in [3.63, 3.8) is 0 Å². The average Bonchev–Trinajstić information content (AvgIpc) is 3.29. The molecule has 0 atom stereocenters. The Morgan fingerprint density at radius 3 is 2.17 bits per heavy atom. The minimum Gasteiger partial charge on any atom is -0.337 e. The Hall–Kier alpha value is -3.18. The standard InChI is InChI=1S/C24H22N2O2S/c1-4-25(18-9-6-5-7-10-18)22-21(20-11-8-12-29-20)23(27)26(24(22)28)19-14-16(2)13-17(3)15-19/h5-15H,4H2,1-3H3. The first-order valence-electron chi connectivity index (χ1n) is 9.59. The third-order valence-corrected chi connectivity index (χ3v) is 5.83. The lowest BCUT2D eigenvalue weighted by Crippen LogP contribution is -2.35. The van der Waals surface area contributed by atoms with E-state index in [2.05, 4.69) is 0 Å². The monoisotopic (exact) mass is 402 g/mol. The van der Waals surface area contributed by atoms with Gasteiger partial charge in [0, 0.05) is 17.1 Å². The molecule has 2 heterocycles. The van der Waals surface area contributed by atoms with Crippen molar-refractivity contribution in [2.24, 2.45) is 0 Å². The highest BCUT2D eigenvalue weighted by atomic mass is 32.1. The lowest BCUT2D eigenvalue weighted by Gasteiger charge is -2.25. The lowest BCUT2D eigenvalue weighted by atomic mass is 10.1. The average molecular weight is 403 g/mol. The second kappa shape index (κ2) is 7.68. The van der Waals surface area contributed by atoms with Crippen molar-refractivity contribution in [2.75, 3.05) is 16.3 Å². The Morgan fingerprint density at radius 2 is 1.59 bits per heavy atom. The van der Waals surface area contributed by atoms with Crippen LogP contribution in [0.1, 0.15) is 22.9 Å². The van der Waals surface area contributed by atoms with Crippen LogP contribution in [0.2, 0.25) is 0 Å². The van der Waals surface area contributed by atoms with E-state index in [1.807, 2.05) is 91.7 Å². The van der Waals surface area contributed by atoms with Gasteiger partial charge in [0.1, 0.15) is 5.70 Å². The molecule has 4 nitrogen and oxygen atoms in total. The topological polar surface area (TPSA) is 40.6 Å². The fourth-order valence-electron chi connectivity index (χ4n) is 3.80. The molecule has 1 aliphatic heterocycles. The Balaban J connectivity index is 1.89. The van der Waals surface area contributed by atoms with Crippen LogP contribution in [0.4, 0.5) is 11.4 Å². The van der Waals surface area contributed by atoms with Crippen molar-refractivity contribution < 1.29 is 9.59 Å². The molecule has 4 rings (SSSR count). The van der Waals surface area contributed by atoms with Gasteiger partial charge in [-0.1, -0.05) is 30.3 Å². The number of hydrogen-bond donors (Lipinski definition) is 0. The molecule has 0 N–H and O–H groups in total. The van der Waals surface area contributed by atoms with Crippen LogP contribution in [-0.4, -0.2) is 18.4 Å². The van der Waals surface area contributed by atoms with Gasteiger partial charge in [-0.3, -0.25) is 9.59 Å². The van der Waals surface area contributed by atoms with Crippen molar-refractivity contribution in [1.29, 1.82) is 0 Å². The van der Waals surface area contributed by atoms with E-state index < -0.39 is 0 Å². The maximum atomic E-state index is 13.6. The number of amides is 2. The third kappa shape index (κ3) is 3.38. The molecule has 1 aromatic heterocycles. The molecule has 0 fully saturated rings. The largest absolute Gasteiger partial charge is 0.337 e. The molecule has 2 aromatic carbocycles. The molecule has 2 amide bonds. The zero-order chi connectivity index (χ0) is 20.5. The van der Waals surface area contributed by atoms with Crippen molar-refractivity contribution >= 4 is 40.1 Å². The van der Waals surface area contributed by atoms with Gasteiger partial charge >= 0.3 is 0 Å². The second-order valence-corrected chi connectivity index (χ2v) is 8.02. The van der Waals surface area contributed by atoms with Gasteiger partial charge in [-0.25, -0.2) is 4.90 Å². The van der Waals surface area contributed by atoms with Crippen LogP contribution in [-0.2, 0) is 9.59 Å². The van der Waals surface area contributed by atoms with E-state index in [1.165, 1.54) is 16.2 Å². The van der Waals surface area contributed by atoms with Crippen molar-refractivity contribution in [1.82, 2.24) is 0 Å². The Morgan fingerprint density at radius 1 is 0.897 bits per heavy atom. The van der Waals surface area contributed by atoms with Crippen LogP contribution < -0.4 is 9.80 Å². The summed E-state index contributed by atoms with van der Waals surface area (Å²) >= 11 is 1.47. The first-order chi connectivity index (χ1) is 14.0. The molecule has 0 unspecified atom stereocenters. The molecule has 0 radical (unpaired) electrons. The van der Waals surface area contributed by atoms with Gasteiger partial charge in [-0.2, -0.15) is 0 Å². The highest BCUT2D eigenvalue weighted by molar-refractivity contribution is 7.11. The van der Waals surface area contributed by atoms with E-state index in [4.69, 9.17) is 0 Å². The number of aryl methyl sites for hydroxylation is 2. The van der Waals surface area contributed by atoms with Gasteiger partial charge in [0.15, 0.2) is 0 Å². The highest BCUT2D eigenvalue weighted by Gasteiger charge is 2.43. The summed E-state index contributed by atoms with van der Waals surface area (Å²) in [5.74, 6) is -0.555. The van der Waals surface area contributed by atoms with Gasteiger partial charge in [0.25, 0.3) is 11.8 Å². The Bertz CT molecular complexity index is 1080. The molecule has 29 heavy (non-hydrogen) atoms. The predicted molar refractivity (Wildman–Crippen MR) is 119 cm³/mol. The van der Waals surface area contributed by atoms with Crippen LogP contribution in [0.3, 0.4) is 0 Å². The molecule has 0 spiro atoms. The summed E-state index contributed by atoms with van der Waals surface area (Å²) in [5.41, 5.74) is 4.44. The summed E-state index contributed by atoms with van der Waals surface area (Å²) in [6.45, 7) is 6.51. The van der Waals surface area contributed by atoms with Crippen LogP contribution in [0.25, 0.3) is 5.57 Å². The molecular formula is C24H22N2O2S. The Labute approximate surface area is 174 Å². The number of likely N-dealkylation sites (N-methyl/N-ethyl adjacent to an activating group) is 1. The van der Waals surface area contributed by atoms with E-state index in [9.17, 15) is 9.59 Å². The number of anilines is 2. The zero-order valence-corrected chi connectivity index (χ0v) is 17.5. The van der Waals surface area contributed by atoms with Gasteiger partial charge in [-0.15, -0.1) is 11.3 Å². The van der Waals surface area contributed by atoms with E-state index in [0.717, 1.165) is 21.7 Å². The normalized spacial score (nSPS) is 14.1. The fourth-order valence-corrected chi connectivity index (χ4v) is 4.57. The van der Waals surface area contributed by atoms with E-state index in [0.29, 0.717) is 23.5 Å². The molecule has 1 aliphatic rings. The number of carbonyl (C=O) groups is 2. The minimum atomic E-state index is -0.283. The molecule has 5 heteroatoms. The maximum Gasteiger partial charge on any atom is 0.282 e. The van der Waals surface area contributed by atoms with Crippen LogP contribution in [0.5, 0.6) is 0 Å². The van der Waals surface area contributed by atoms with Crippen molar-refractivity contribution in [3.8, 4) is 0 Å². The molecular weight excluding hydrogens is 380 g/mol. The SMILES string of the molecule is CCN(C1=C(c2cccs2)C(=O)N(c2cc(C)cc(C)c2)C1=O)c1ccccc1. The second-order valence-electron chi connectivity index (χ2n) is 7.07. The number of benzene rings is 2. The molecule has 146 valence electrons.